The minimum Gasteiger partial charge on any atom is -0.385 e. The second-order valence-corrected chi connectivity index (χ2v) is 8.64. The number of piperidine rings is 1. The summed E-state index contributed by atoms with van der Waals surface area (Å²) in [4.78, 5) is 33.2. The molecule has 4 heterocycles. The maximum absolute atomic E-state index is 13.5. The molecular formula is C23H29N5O3. The lowest BCUT2D eigenvalue weighted by Crippen LogP contribution is -2.45. The number of rotatable bonds is 5. The van der Waals surface area contributed by atoms with Crippen molar-refractivity contribution in [2.75, 3.05) is 26.8 Å². The third kappa shape index (κ3) is 3.99. The fourth-order valence-electron chi connectivity index (χ4n) is 4.63. The first-order valence-corrected chi connectivity index (χ1v) is 10.8. The Balaban J connectivity index is 1.91. The van der Waals surface area contributed by atoms with Gasteiger partial charge in [-0.1, -0.05) is 19.9 Å². The molecule has 3 aromatic rings. The van der Waals surface area contributed by atoms with Gasteiger partial charge in [0.15, 0.2) is 0 Å². The number of nitrogens with zero attached hydrogens (tertiary/aromatic N) is 4. The second-order valence-electron chi connectivity index (χ2n) is 8.64. The number of fused-ring (bicyclic) bond motifs is 2. The first-order valence-electron chi connectivity index (χ1n) is 10.8. The molecule has 8 nitrogen and oxygen atoms in total. The standard InChI is InChI=1S/C23H29N5O3/c1-15-11-16(2)14-26(13-15)22(29)17-12-18-21(28(20(17)24)9-6-10-31-3)25-19-7-4-5-8-27(19)23(18)30/h4-5,7-8,12,15-16,24H,6,9-11,13-14H2,1-3H3. The van der Waals surface area contributed by atoms with Gasteiger partial charge in [-0.3, -0.25) is 19.4 Å². The number of amides is 1. The molecule has 0 bridgehead atoms. The number of aromatic nitrogens is 3. The summed E-state index contributed by atoms with van der Waals surface area (Å²) in [7, 11) is 1.63. The zero-order chi connectivity index (χ0) is 22.1. The Labute approximate surface area is 180 Å². The SMILES string of the molecule is COCCCn1c(=N)c(C(=O)N2CC(C)CC(C)C2)cc2c(=O)n3ccccc3nc21. The van der Waals surface area contributed by atoms with Gasteiger partial charge in [0.05, 0.1) is 10.9 Å². The van der Waals surface area contributed by atoms with Gasteiger partial charge in [0, 0.05) is 39.5 Å². The van der Waals surface area contributed by atoms with E-state index in [9.17, 15) is 9.59 Å². The van der Waals surface area contributed by atoms with Crippen LogP contribution in [-0.2, 0) is 11.3 Å². The van der Waals surface area contributed by atoms with Gasteiger partial charge in [-0.2, -0.15) is 0 Å². The number of ether oxygens (including phenoxy) is 1. The zero-order valence-electron chi connectivity index (χ0n) is 18.3. The number of aryl methyl sites for hydroxylation is 1. The lowest BCUT2D eigenvalue weighted by molar-refractivity contribution is 0.0620. The highest BCUT2D eigenvalue weighted by atomic mass is 16.5. The molecule has 31 heavy (non-hydrogen) atoms. The van der Waals surface area contributed by atoms with E-state index in [1.165, 1.54) is 4.40 Å². The van der Waals surface area contributed by atoms with Crippen LogP contribution in [-0.4, -0.2) is 51.6 Å². The molecule has 164 valence electrons. The Morgan fingerprint density at radius 1 is 1.26 bits per heavy atom. The van der Waals surface area contributed by atoms with Gasteiger partial charge >= 0.3 is 0 Å². The van der Waals surface area contributed by atoms with Crippen molar-refractivity contribution >= 4 is 22.6 Å². The first kappa shape index (κ1) is 21.2. The average Bonchev–Trinajstić information content (AvgIpc) is 2.74. The van der Waals surface area contributed by atoms with Crippen molar-refractivity contribution < 1.29 is 9.53 Å². The molecule has 0 spiro atoms. The Morgan fingerprint density at radius 3 is 2.71 bits per heavy atom. The fourth-order valence-corrected chi connectivity index (χ4v) is 4.63. The minimum atomic E-state index is -0.240. The predicted octanol–water partition coefficient (Wildman–Crippen LogP) is 2.28. The van der Waals surface area contributed by atoms with Gasteiger partial charge in [0.2, 0.25) is 0 Å². The number of nitrogens with one attached hydrogen (secondary N) is 1. The van der Waals surface area contributed by atoms with Gasteiger partial charge in [-0.15, -0.1) is 0 Å². The highest BCUT2D eigenvalue weighted by molar-refractivity contribution is 5.97. The Kier molecular flexibility index (Phi) is 5.91. The third-order valence-electron chi connectivity index (χ3n) is 5.93. The van der Waals surface area contributed by atoms with Crippen molar-refractivity contribution in [3.63, 3.8) is 0 Å². The van der Waals surface area contributed by atoms with Gasteiger partial charge in [-0.25, -0.2) is 4.98 Å². The topological polar surface area (TPSA) is 92.7 Å². The Hall–Kier alpha value is -3.00. The Morgan fingerprint density at radius 2 is 2.00 bits per heavy atom. The number of pyridine rings is 2. The predicted molar refractivity (Wildman–Crippen MR) is 118 cm³/mol. The second kappa shape index (κ2) is 8.63. The van der Waals surface area contributed by atoms with Gasteiger partial charge in [-0.05, 0) is 42.9 Å². The third-order valence-corrected chi connectivity index (χ3v) is 5.93. The number of carbonyl (C=O) groups excluding carboxylic acids is 1. The van der Waals surface area contributed by atoms with Crippen LogP contribution >= 0.6 is 0 Å². The summed E-state index contributed by atoms with van der Waals surface area (Å²) in [5.74, 6) is 0.628. The van der Waals surface area contributed by atoms with E-state index in [2.05, 4.69) is 18.8 Å². The number of carbonyl (C=O) groups is 1. The minimum absolute atomic E-state index is 0.0895. The van der Waals surface area contributed by atoms with Crippen molar-refractivity contribution in [1.82, 2.24) is 18.9 Å². The number of hydrogen-bond donors (Lipinski definition) is 1. The molecule has 8 heteroatoms. The monoisotopic (exact) mass is 423 g/mol. The maximum atomic E-state index is 13.5. The van der Waals surface area contributed by atoms with Crippen LogP contribution in [0.25, 0.3) is 16.7 Å². The van der Waals surface area contributed by atoms with Crippen molar-refractivity contribution in [2.24, 2.45) is 11.8 Å². The summed E-state index contributed by atoms with van der Waals surface area (Å²) < 4.78 is 8.32. The molecule has 3 aromatic heterocycles. The molecule has 2 atom stereocenters. The van der Waals surface area contributed by atoms with Crippen LogP contribution in [0.5, 0.6) is 0 Å². The largest absolute Gasteiger partial charge is 0.385 e. The quantitative estimate of drug-likeness (QED) is 0.503. The number of methoxy groups -OCH3 is 1. The van der Waals surface area contributed by atoms with Gasteiger partial charge < -0.3 is 14.2 Å². The van der Waals surface area contributed by atoms with E-state index < -0.39 is 0 Å². The zero-order valence-corrected chi connectivity index (χ0v) is 18.3. The van der Waals surface area contributed by atoms with Crippen molar-refractivity contribution in [3.8, 4) is 0 Å². The highest BCUT2D eigenvalue weighted by Gasteiger charge is 2.28. The molecule has 0 saturated carbocycles. The van der Waals surface area contributed by atoms with Crippen LogP contribution in [0.4, 0.5) is 0 Å². The van der Waals surface area contributed by atoms with E-state index in [0.29, 0.717) is 61.2 Å². The summed E-state index contributed by atoms with van der Waals surface area (Å²) in [6, 6.07) is 6.92. The number of likely N-dealkylation sites (tertiary alicyclic amines) is 1. The number of hydrogen-bond acceptors (Lipinski definition) is 5. The van der Waals surface area contributed by atoms with E-state index >= 15 is 0 Å². The van der Waals surface area contributed by atoms with Crippen LogP contribution in [0, 0.1) is 17.2 Å². The van der Waals surface area contributed by atoms with Crippen LogP contribution in [0.15, 0.2) is 35.3 Å². The molecule has 1 fully saturated rings. The summed E-state index contributed by atoms with van der Waals surface area (Å²) in [5, 5.41) is 9.16. The normalized spacial score (nSPS) is 19.3. The molecule has 1 aliphatic rings. The van der Waals surface area contributed by atoms with Crippen LogP contribution in [0.1, 0.15) is 37.0 Å². The molecule has 1 amide bonds. The lowest BCUT2D eigenvalue weighted by atomic mass is 9.91. The summed E-state index contributed by atoms with van der Waals surface area (Å²) in [6.45, 7) is 6.57. The maximum Gasteiger partial charge on any atom is 0.267 e. The summed E-state index contributed by atoms with van der Waals surface area (Å²) in [6.07, 6.45) is 3.40. The van der Waals surface area contributed by atoms with E-state index in [1.807, 2.05) is 11.0 Å². The van der Waals surface area contributed by atoms with Crippen LogP contribution in [0.2, 0.25) is 0 Å². The molecule has 0 radical (unpaired) electrons. The molecule has 1 N–H and O–H groups in total. The van der Waals surface area contributed by atoms with Crippen molar-refractivity contribution in [1.29, 1.82) is 5.41 Å². The first-order chi connectivity index (χ1) is 14.9. The molecule has 2 unspecified atom stereocenters. The van der Waals surface area contributed by atoms with Crippen LogP contribution < -0.4 is 11.0 Å². The van der Waals surface area contributed by atoms with Crippen molar-refractivity contribution in [2.45, 2.75) is 33.2 Å². The molecule has 0 aliphatic carbocycles. The molecular weight excluding hydrogens is 394 g/mol. The van der Waals surface area contributed by atoms with E-state index in [1.54, 1.807) is 36.1 Å². The lowest BCUT2D eigenvalue weighted by Gasteiger charge is -2.35. The smallest absolute Gasteiger partial charge is 0.267 e. The fraction of sp³-hybridized carbons (Fsp3) is 0.478. The molecule has 1 saturated heterocycles. The average molecular weight is 424 g/mol. The van der Waals surface area contributed by atoms with E-state index in [0.717, 1.165) is 6.42 Å². The molecule has 0 aromatic carbocycles. The van der Waals surface area contributed by atoms with Crippen molar-refractivity contribution in [3.05, 3.63) is 51.9 Å². The van der Waals surface area contributed by atoms with E-state index in [4.69, 9.17) is 10.1 Å². The summed E-state index contributed by atoms with van der Waals surface area (Å²) >= 11 is 0. The van der Waals surface area contributed by atoms with Crippen LogP contribution in [0.3, 0.4) is 0 Å². The summed E-state index contributed by atoms with van der Waals surface area (Å²) in [5.41, 5.74) is 1.04. The highest BCUT2D eigenvalue weighted by Crippen LogP contribution is 2.22. The van der Waals surface area contributed by atoms with E-state index in [-0.39, 0.29) is 22.5 Å². The molecule has 4 rings (SSSR count). The molecule has 1 aliphatic heterocycles. The Bertz CT molecular complexity index is 1240. The van der Waals surface area contributed by atoms with Gasteiger partial charge in [0.25, 0.3) is 11.5 Å². The van der Waals surface area contributed by atoms with Gasteiger partial charge in [0.1, 0.15) is 16.8 Å².